The minimum Gasteiger partial charge on any atom is -0.502 e. The van der Waals surface area contributed by atoms with Crippen LogP contribution in [-0.4, -0.2) is 14.9 Å². The van der Waals surface area contributed by atoms with Gasteiger partial charge in [0.1, 0.15) is 0 Å². The molecule has 0 radical (unpaired) electrons. The number of rotatable bonds is 4. The van der Waals surface area contributed by atoms with Crippen LogP contribution in [0.1, 0.15) is 5.56 Å². The minimum atomic E-state index is -3.04. The van der Waals surface area contributed by atoms with Crippen LogP contribution in [0.2, 0.25) is 0 Å². The normalized spacial score (nSPS) is 12.3. The third kappa shape index (κ3) is 3.32. The topological polar surface area (TPSA) is 110 Å². The van der Waals surface area contributed by atoms with Crippen molar-refractivity contribution in [3.05, 3.63) is 33.9 Å². The maximum Gasteiger partial charge on any atom is 0.316 e. The van der Waals surface area contributed by atoms with Gasteiger partial charge in [-0.1, -0.05) is 0 Å². The van der Waals surface area contributed by atoms with Crippen molar-refractivity contribution >= 4 is 13.9 Å². The lowest BCUT2D eigenvalue weighted by molar-refractivity contribution is -0.385. The quantitative estimate of drug-likeness (QED) is 0.459. The summed E-state index contributed by atoms with van der Waals surface area (Å²) in [6.07, 6.45) is 0. The number of benzene rings is 1. The Labute approximate surface area is 85.0 Å². The van der Waals surface area contributed by atoms with Crippen molar-refractivity contribution in [2.45, 2.75) is 6.61 Å². The van der Waals surface area contributed by atoms with Gasteiger partial charge in [0.2, 0.25) is 0 Å². The summed E-state index contributed by atoms with van der Waals surface area (Å²) in [7, 11) is -3.04. The number of phenolic OH excluding ortho intramolecular Hbond substituents is 1. The first kappa shape index (κ1) is 11.6. The molecule has 1 unspecified atom stereocenters. The number of hydrogen-bond donors (Lipinski definition) is 2. The van der Waals surface area contributed by atoms with Gasteiger partial charge in [-0.15, -0.1) is 0 Å². The molecular formula is C7H8NO6P. The molecule has 0 fully saturated rings. The van der Waals surface area contributed by atoms with Gasteiger partial charge >= 0.3 is 13.9 Å². The first-order chi connectivity index (χ1) is 7.00. The van der Waals surface area contributed by atoms with E-state index in [1.165, 1.54) is 6.07 Å². The summed E-state index contributed by atoms with van der Waals surface area (Å²) >= 11 is 0. The van der Waals surface area contributed by atoms with E-state index < -0.39 is 24.6 Å². The van der Waals surface area contributed by atoms with Crippen LogP contribution in [0.25, 0.3) is 0 Å². The van der Waals surface area contributed by atoms with Crippen molar-refractivity contribution in [2.24, 2.45) is 0 Å². The molecule has 1 rings (SSSR count). The van der Waals surface area contributed by atoms with Crippen molar-refractivity contribution in [3.8, 4) is 5.75 Å². The Morgan fingerprint density at radius 2 is 2.20 bits per heavy atom. The van der Waals surface area contributed by atoms with Gasteiger partial charge in [-0.25, -0.2) is 0 Å². The van der Waals surface area contributed by atoms with E-state index in [0.29, 0.717) is 5.56 Å². The molecule has 15 heavy (non-hydrogen) atoms. The second-order valence-electron chi connectivity index (χ2n) is 2.63. The fourth-order valence-electron chi connectivity index (χ4n) is 0.958. The first-order valence-corrected chi connectivity index (χ1v) is 5.09. The molecule has 1 aromatic rings. The van der Waals surface area contributed by atoms with E-state index in [1.54, 1.807) is 0 Å². The van der Waals surface area contributed by atoms with Crippen LogP contribution >= 0.6 is 8.25 Å². The molecule has 8 heteroatoms. The third-order valence-electron chi connectivity index (χ3n) is 1.60. The summed E-state index contributed by atoms with van der Waals surface area (Å²) in [4.78, 5) is 18.0. The maximum atomic E-state index is 10.3. The smallest absolute Gasteiger partial charge is 0.316 e. The molecule has 0 amide bonds. The fraction of sp³-hybridized carbons (Fsp3) is 0.143. The summed E-state index contributed by atoms with van der Waals surface area (Å²) in [5.41, 5.74) is -0.0408. The average Bonchev–Trinajstić information content (AvgIpc) is 2.14. The molecule has 0 aliphatic carbocycles. The van der Waals surface area contributed by atoms with Crippen LogP contribution in [-0.2, 0) is 15.7 Å². The second kappa shape index (κ2) is 4.88. The van der Waals surface area contributed by atoms with Crippen LogP contribution in [0.15, 0.2) is 18.2 Å². The molecule has 1 aromatic carbocycles. The molecule has 2 N–H and O–H groups in total. The van der Waals surface area contributed by atoms with Crippen LogP contribution in [0.3, 0.4) is 0 Å². The lowest BCUT2D eigenvalue weighted by Gasteiger charge is -2.01. The maximum absolute atomic E-state index is 10.3. The van der Waals surface area contributed by atoms with Gasteiger partial charge in [0.25, 0.3) is 0 Å². The lowest BCUT2D eigenvalue weighted by atomic mass is 10.2. The number of nitro groups is 1. The van der Waals surface area contributed by atoms with Gasteiger partial charge in [-0.2, -0.15) is 0 Å². The van der Waals surface area contributed by atoms with Crippen molar-refractivity contribution in [1.82, 2.24) is 0 Å². The van der Waals surface area contributed by atoms with Gasteiger partial charge in [0.05, 0.1) is 11.5 Å². The average molecular weight is 233 g/mol. The molecule has 1 atom stereocenters. The van der Waals surface area contributed by atoms with Gasteiger partial charge in [0, 0.05) is 6.07 Å². The van der Waals surface area contributed by atoms with E-state index >= 15 is 0 Å². The first-order valence-electron chi connectivity index (χ1n) is 3.82. The summed E-state index contributed by atoms with van der Waals surface area (Å²) in [6.45, 7) is -0.181. The number of aromatic hydroxyl groups is 1. The minimum absolute atomic E-state index is 0.181. The highest BCUT2D eigenvalue weighted by Gasteiger charge is 2.12. The predicted molar refractivity (Wildman–Crippen MR) is 50.8 cm³/mol. The van der Waals surface area contributed by atoms with Crippen LogP contribution in [0.5, 0.6) is 5.75 Å². The second-order valence-corrected chi connectivity index (χ2v) is 3.46. The Morgan fingerprint density at radius 1 is 1.53 bits per heavy atom. The zero-order valence-corrected chi connectivity index (χ0v) is 8.41. The molecule has 0 saturated heterocycles. The highest BCUT2D eigenvalue weighted by atomic mass is 31.1. The number of nitrogens with zero attached hydrogens (tertiary/aromatic N) is 1. The molecule has 82 valence electrons. The zero-order valence-electron chi connectivity index (χ0n) is 7.41. The fourth-order valence-corrected chi connectivity index (χ4v) is 1.25. The molecule has 7 nitrogen and oxygen atoms in total. The van der Waals surface area contributed by atoms with E-state index in [2.05, 4.69) is 4.52 Å². The largest absolute Gasteiger partial charge is 0.502 e. The summed E-state index contributed by atoms with van der Waals surface area (Å²) < 4.78 is 14.6. The highest BCUT2D eigenvalue weighted by molar-refractivity contribution is 7.32. The molecule has 0 aliphatic rings. The predicted octanol–water partition coefficient (Wildman–Crippen LogP) is 1.20. The molecule has 0 spiro atoms. The summed E-state index contributed by atoms with van der Waals surface area (Å²) in [5, 5.41) is 19.5. The molecule has 0 aromatic heterocycles. The number of hydrogen-bond acceptors (Lipinski definition) is 5. The molecular weight excluding hydrogens is 225 g/mol. The van der Waals surface area contributed by atoms with Crippen molar-refractivity contribution in [1.29, 1.82) is 0 Å². The van der Waals surface area contributed by atoms with Crippen LogP contribution in [0.4, 0.5) is 5.69 Å². The SMILES string of the molecule is O=[N+]([O-])c1ccc(CO[PH](=O)O)cc1O. The monoisotopic (exact) mass is 233 g/mol. The number of phenols is 1. The van der Waals surface area contributed by atoms with E-state index in [-0.39, 0.29) is 6.61 Å². The Kier molecular flexibility index (Phi) is 3.79. The highest BCUT2D eigenvalue weighted by Crippen LogP contribution is 2.27. The van der Waals surface area contributed by atoms with Crippen molar-refractivity contribution in [2.75, 3.05) is 0 Å². The zero-order chi connectivity index (χ0) is 11.4. The molecule has 0 aliphatic heterocycles. The van der Waals surface area contributed by atoms with Gasteiger partial charge in [-0.05, 0) is 17.7 Å². The van der Waals surface area contributed by atoms with E-state index in [1.807, 2.05) is 0 Å². The van der Waals surface area contributed by atoms with Gasteiger partial charge < -0.3 is 14.5 Å². The Morgan fingerprint density at radius 3 is 2.67 bits per heavy atom. The van der Waals surface area contributed by atoms with Crippen molar-refractivity contribution < 1.29 is 24.0 Å². The Hall–Kier alpha value is -1.43. The Bertz CT molecular complexity index is 406. The van der Waals surface area contributed by atoms with Crippen LogP contribution in [0, 0.1) is 10.1 Å². The summed E-state index contributed by atoms with van der Waals surface area (Å²) in [6, 6.07) is 3.55. The molecule has 0 bridgehead atoms. The standard InChI is InChI=1S/C7H8NO6P/c9-7-3-5(4-14-15(12)13)1-2-6(7)8(10)11/h1-3,9,15H,4H2,(H,12,13). The van der Waals surface area contributed by atoms with E-state index in [0.717, 1.165) is 12.1 Å². The van der Waals surface area contributed by atoms with Crippen LogP contribution < -0.4 is 0 Å². The van der Waals surface area contributed by atoms with Gasteiger partial charge in [0.15, 0.2) is 5.75 Å². The third-order valence-corrected chi connectivity index (χ3v) is 1.99. The van der Waals surface area contributed by atoms with Gasteiger partial charge in [-0.3, -0.25) is 14.7 Å². The Balaban J connectivity index is 2.82. The summed E-state index contributed by atoms with van der Waals surface area (Å²) in [5.74, 6) is -0.501. The number of nitro benzene ring substituents is 1. The van der Waals surface area contributed by atoms with E-state index in [9.17, 15) is 19.8 Å². The lowest BCUT2D eigenvalue weighted by Crippen LogP contribution is -1.91. The molecule has 0 heterocycles. The molecule has 0 saturated carbocycles. The van der Waals surface area contributed by atoms with Crippen molar-refractivity contribution in [3.63, 3.8) is 0 Å². The van der Waals surface area contributed by atoms with E-state index in [4.69, 9.17) is 4.89 Å².